The van der Waals surface area contributed by atoms with E-state index in [1.54, 1.807) is 38.1 Å². The number of esters is 1. The standard InChI is InChI=1S/C34H48N4O8/c1-22(2)27(20-26(39)9-6-5-7-18-38-30(41)15-16-31(38)42)32(43)37-28(10-8-17-36-34(35)45)29(40)19-24-11-13-25(14-12-24)21-46-33(44)23(3)4/h11-16,22-23,27-28H,5-10,17-21H2,1-4H3,(H,37,43)(H3,35,36,45). The highest BCUT2D eigenvalue weighted by Crippen LogP contribution is 2.20. The lowest BCUT2D eigenvalue weighted by atomic mass is 9.88. The SMILES string of the molecule is CC(C)C(=O)OCc1ccc(CC(=O)C(CCCNC(N)=O)NC(=O)C(CC(=O)CCCCCN2C(=O)C=CC2=O)C(C)C)cc1. The van der Waals surface area contributed by atoms with E-state index in [2.05, 4.69) is 10.6 Å². The van der Waals surface area contributed by atoms with Crippen LogP contribution in [-0.2, 0) is 46.5 Å². The molecule has 5 amide bonds. The third kappa shape index (κ3) is 13.3. The van der Waals surface area contributed by atoms with Crippen molar-refractivity contribution in [1.82, 2.24) is 15.5 Å². The molecule has 12 nitrogen and oxygen atoms in total. The second kappa shape index (κ2) is 19.2. The molecular formula is C34H48N4O8. The lowest BCUT2D eigenvalue weighted by Crippen LogP contribution is -2.46. The minimum absolute atomic E-state index is 0.0313. The first kappa shape index (κ1) is 37.8. The van der Waals surface area contributed by atoms with E-state index in [1.165, 1.54) is 17.1 Å². The summed E-state index contributed by atoms with van der Waals surface area (Å²) < 4.78 is 5.25. The molecular weight excluding hydrogens is 592 g/mol. The second-order valence-electron chi connectivity index (χ2n) is 12.3. The van der Waals surface area contributed by atoms with Gasteiger partial charge in [0.1, 0.15) is 12.4 Å². The van der Waals surface area contributed by atoms with Crippen LogP contribution in [0.4, 0.5) is 4.79 Å². The monoisotopic (exact) mass is 640 g/mol. The normalized spacial score (nSPS) is 14.0. The molecule has 1 heterocycles. The van der Waals surface area contributed by atoms with Crippen molar-refractivity contribution in [3.8, 4) is 0 Å². The molecule has 0 spiro atoms. The minimum atomic E-state index is -0.837. The first-order chi connectivity index (χ1) is 21.8. The number of primary amides is 1. The largest absolute Gasteiger partial charge is 0.461 e. The summed E-state index contributed by atoms with van der Waals surface area (Å²) in [5.74, 6) is -2.65. The van der Waals surface area contributed by atoms with E-state index in [0.29, 0.717) is 32.2 Å². The molecule has 1 aromatic carbocycles. The Balaban J connectivity index is 1.95. The number of nitrogens with zero attached hydrogens (tertiary/aromatic N) is 1. The number of rotatable bonds is 21. The number of carbonyl (C=O) groups excluding carboxylic acids is 7. The Morgan fingerprint density at radius 3 is 2.09 bits per heavy atom. The number of ketones is 2. The van der Waals surface area contributed by atoms with Gasteiger partial charge in [-0.1, -0.05) is 58.4 Å². The molecule has 0 saturated heterocycles. The zero-order valence-corrected chi connectivity index (χ0v) is 27.3. The summed E-state index contributed by atoms with van der Waals surface area (Å²) in [6.45, 7) is 7.88. The van der Waals surface area contributed by atoms with Crippen LogP contribution >= 0.6 is 0 Å². The van der Waals surface area contributed by atoms with E-state index in [0.717, 1.165) is 11.1 Å². The molecule has 12 heteroatoms. The molecule has 2 unspecified atom stereocenters. The van der Waals surface area contributed by atoms with E-state index in [9.17, 15) is 33.6 Å². The van der Waals surface area contributed by atoms with Gasteiger partial charge in [0, 0.05) is 50.4 Å². The fourth-order valence-electron chi connectivity index (χ4n) is 4.91. The summed E-state index contributed by atoms with van der Waals surface area (Å²) in [7, 11) is 0. The Morgan fingerprint density at radius 2 is 1.50 bits per heavy atom. The maximum atomic E-state index is 13.4. The van der Waals surface area contributed by atoms with Gasteiger partial charge in [-0.2, -0.15) is 0 Å². The number of Topliss-reactive ketones (excluding diaryl/α,β-unsaturated/α-hetero) is 2. The Labute approximate surface area is 270 Å². The van der Waals surface area contributed by atoms with Crippen LogP contribution < -0.4 is 16.4 Å². The molecule has 0 radical (unpaired) electrons. The molecule has 1 aliphatic rings. The molecule has 4 N–H and O–H groups in total. The predicted molar refractivity (Wildman–Crippen MR) is 171 cm³/mol. The number of hydrogen-bond donors (Lipinski definition) is 3. The Kier molecular flexibility index (Phi) is 15.8. The summed E-state index contributed by atoms with van der Waals surface area (Å²) in [5.41, 5.74) is 6.66. The van der Waals surface area contributed by atoms with Crippen molar-refractivity contribution >= 4 is 41.3 Å². The number of ether oxygens (including phenoxy) is 1. The van der Waals surface area contributed by atoms with Crippen molar-refractivity contribution < 1.29 is 38.3 Å². The Morgan fingerprint density at radius 1 is 0.870 bits per heavy atom. The molecule has 2 atom stereocenters. The summed E-state index contributed by atoms with van der Waals surface area (Å²) in [5, 5.41) is 5.35. The molecule has 252 valence electrons. The maximum absolute atomic E-state index is 13.4. The lowest BCUT2D eigenvalue weighted by molar-refractivity contribution is -0.148. The van der Waals surface area contributed by atoms with Gasteiger partial charge in [0.25, 0.3) is 11.8 Å². The molecule has 0 aliphatic carbocycles. The van der Waals surface area contributed by atoms with Crippen molar-refractivity contribution in [1.29, 1.82) is 0 Å². The molecule has 1 aromatic rings. The highest BCUT2D eigenvalue weighted by molar-refractivity contribution is 6.12. The van der Waals surface area contributed by atoms with Crippen LogP contribution in [0.15, 0.2) is 36.4 Å². The lowest BCUT2D eigenvalue weighted by Gasteiger charge is -2.24. The zero-order valence-electron chi connectivity index (χ0n) is 27.3. The van der Waals surface area contributed by atoms with Gasteiger partial charge in [0.2, 0.25) is 5.91 Å². The van der Waals surface area contributed by atoms with Crippen LogP contribution in [0.1, 0.15) is 83.8 Å². The van der Waals surface area contributed by atoms with Crippen molar-refractivity contribution in [2.75, 3.05) is 13.1 Å². The number of benzene rings is 1. The fourth-order valence-corrected chi connectivity index (χ4v) is 4.91. The first-order valence-electron chi connectivity index (χ1n) is 15.9. The van der Waals surface area contributed by atoms with Crippen molar-refractivity contribution in [2.24, 2.45) is 23.5 Å². The molecule has 0 fully saturated rings. The van der Waals surface area contributed by atoms with Gasteiger partial charge in [-0.05, 0) is 42.7 Å². The van der Waals surface area contributed by atoms with E-state index < -0.39 is 18.0 Å². The maximum Gasteiger partial charge on any atom is 0.312 e. The summed E-state index contributed by atoms with van der Waals surface area (Å²) >= 11 is 0. The summed E-state index contributed by atoms with van der Waals surface area (Å²) in [4.78, 5) is 86.9. The van der Waals surface area contributed by atoms with Gasteiger partial charge in [0.05, 0.1) is 12.0 Å². The first-order valence-corrected chi connectivity index (χ1v) is 15.9. The Hall–Kier alpha value is -4.35. The quantitative estimate of drug-likeness (QED) is 0.104. The van der Waals surface area contributed by atoms with Crippen molar-refractivity contribution in [3.63, 3.8) is 0 Å². The zero-order chi connectivity index (χ0) is 34.2. The van der Waals surface area contributed by atoms with E-state index in [-0.39, 0.29) is 85.9 Å². The molecule has 0 bridgehead atoms. The third-order valence-electron chi connectivity index (χ3n) is 7.75. The van der Waals surface area contributed by atoms with Gasteiger partial charge in [-0.15, -0.1) is 0 Å². The van der Waals surface area contributed by atoms with Crippen LogP contribution in [-0.4, -0.2) is 65.3 Å². The van der Waals surface area contributed by atoms with Crippen LogP contribution in [0.25, 0.3) is 0 Å². The average molecular weight is 641 g/mol. The third-order valence-corrected chi connectivity index (χ3v) is 7.75. The number of unbranched alkanes of at least 4 members (excludes halogenated alkanes) is 2. The Bertz CT molecular complexity index is 1250. The van der Waals surface area contributed by atoms with Gasteiger partial charge < -0.3 is 21.1 Å². The average Bonchev–Trinajstić information content (AvgIpc) is 3.32. The fraction of sp³-hybridized carbons (Fsp3) is 0.559. The van der Waals surface area contributed by atoms with Crippen LogP contribution in [0, 0.1) is 17.8 Å². The molecule has 0 aromatic heterocycles. The topological polar surface area (TPSA) is 182 Å². The van der Waals surface area contributed by atoms with Crippen LogP contribution in [0.3, 0.4) is 0 Å². The minimum Gasteiger partial charge on any atom is -0.461 e. The van der Waals surface area contributed by atoms with Gasteiger partial charge in [-0.3, -0.25) is 33.7 Å². The number of nitrogens with one attached hydrogen (secondary N) is 2. The number of imide groups is 1. The van der Waals surface area contributed by atoms with E-state index >= 15 is 0 Å². The molecule has 1 aliphatic heterocycles. The smallest absolute Gasteiger partial charge is 0.312 e. The summed E-state index contributed by atoms with van der Waals surface area (Å²) in [6.07, 6.45) is 5.32. The van der Waals surface area contributed by atoms with Crippen LogP contribution in [0.5, 0.6) is 0 Å². The number of hydrogen-bond acceptors (Lipinski definition) is 8. The van der Waals surface area contributed by atoms with Gasteiger partial charge in [0.15, 0.2) is 5.78 Å². The summed E-state index contributed by atoms with van der Waals surface area (Å²) in [6, 6.07) is 5.59. The van der Waals surface area contributed by atoms with Crippen LogP contribution in [0.2, 0.25) is 0 Å². The molecule has 2 rings (SSSR count). The van der Waals surface area contributed by atoms with E-state index in [4.69, 9.17) is 10.5 Å². The highest BCUT2D eigenvalue weighted by Gasteiger charge is 2.29. The number of amides is 5. The molecule has 46 heavy (non-hydrogen) atoms. The van der Waals surface area contributed by atoms with E-state index in [1.807, 2.05) is 13.8 Å². The number of urea groups is 1. The van der Waals surface area contributed by atoms with Gasteiger partial charge in [-0.25, -0.2) is 4.79 Å². The molecule has 0 saturated carbocycles. The highest BCUT2D eigenvalue weighted by atomic mass is 16.5. The second-order valence-corrected chi connectivity index (χ2v) is 12.3. The number of nitrogens with two attached hydrogens (primary N) is 1. The predicted octanol–water partition coefficient (Wildman–Crippen LogP) is 3.15. The van der Waals surface area contributed by atoms with Crippen molar-refractivity contribution in [2.45, 2.75) is 91.7 Å². The van der Waals surface area contributed by atoms with Gasteiger partial charge >= 0.3 is 12.0 Å². The van der Waals surface area contributed by atoms with Crippen molar-refractivity contribution in [3.05, 3.63) is 47.5 Å². The number of carbonyl (C=O) groups is 7.